The molecule has 4 rings (SSSR count). The minimum absolute atomic E-state index is 0.00525. The van der Waals surface area contributed by atoms with Crippen LogP contribution in [0.2, 0.25) is 5.02 Å². The first-order valence-corrected chi connectivity index (χ1v) is 13.9. The van der Waals surface area contributed by atoms with E-state index >= 15 is 0 Å². The van der Waals surface area contributed by atoms with E-state index in [1.807, 2.05) is 13.8 Å². The molecule has 1 saturated heterocycles. The minimum atomic E-state index is -0.918. The first-order chi connectivity index (χ1) is 17.3. The highest BCUT2D eigenvalue weighted by Crippen LogP contribution is 2.39. The number of pyridine rings is 1. The van der Waals surface area contributed by atoms with Crippen LogP contribution in [-0.4, -0.2) is 47.1 Å². The van der Waals surface area contributed by atoms with Crippen molar-refractivity contribution in [3.63, 3.8) is 0 Å². The molecular formula is C29H39ClFN3O2. The third-order valence-corrected chi connectivity index (χ3v) is 8.21. The molecule has 3 heterocycles. The summed E-state index contributed by atoms with van der Waals surface area (Å²) in [7, 11) is 0. The smallest absolute Gasteiger partial charge is 0.311 e. The summed E-state index contributed by atoms with van der Waals surface area (Å²) < 4.78 is 14.8. The van der Waals surface area contributed by atoms with Gasteiger partial charge in [-0.2, -0.15) is 0 Å². The van der Waals surface area contributed by atoms with Crippen LogP contribution < -0.4 is 5.32 Å². The molecule has 0 aliphatic carbocycles. The van der Waals surface area contributed by atoms with Crippen molar-refractivity contribution in [1.82, 2.24) is 9.88 Å². The Balaban J connectivity index is 1.23. The summed E-state index contributed by atoms with van der Waals surface area (Å²) in [6.07, 6.45) is 8.28. The summed E-state index contributed by atoms with van der Waals surface area (Å²) in [5.74, 6) is -1.14. The molecular weight excluding hydrogens is 477 g/mol. The third-order valence-electron chi connectivity index (χ3n) is 7.83. The van der Waals surface area contributed by atoms with E-state index in [-0.39, 0.29) is 16.9 Å². The highest BCUT2D eigenvalue weighted by Gasteiger charge is 2.35. The fourth-order valence-electron chi connectivity index (χ4n) is 5.69. The van der Waals surface area contributed by atoms with Crippen LogP contribution in [0.4, 0.5) is 10.2 Å². The molecule has 2 aliphatic heterocycles. The number of halogens is 2. The SMILES string of the molecule is CC(C)c1ccc([C@@H](C(=O)O)C2CCN(CCCCCc3ccc4c(n3)NCCC4)CC2)c(Cl)c1F. The molecule has 0 spiro atoms. The Labute approximate surface area is 219 Å². The van der Waals surface area contributed by atoms with Crippen LogP contribution in [0.15, 0.2) is 24.3 Å². The lowest BCUT2D eigenvalue weighted by Crippen LogP contribution is -2.37. The molecule has 196 valence electrons. The summed E-state index contributed by atoms with van der Waals surface area (Å²) >= 11 is 6.35. The number of nitrogens with zero attached hydrogens (tertiary/aromatic N) is 2. The molecule has 1 aromatic heterocycles. The molecule has 2 N–H and O–H groups in total. The number of benzene rings is 1. The number of rotatable bonds is 10. The van der Waals surface area contributed by atoms with Crippen molar-refractivity contribution in [3.8, 4) is 0 Å². The quantitative estimate of drug-likeness (QED) is 0.347. The van der Waals surface area contributed by atoms with Crippen molar-refractivity contribution in [2.24, 2.45) is 5.92 Å². The topological polar surface area (TPSA) is 65.5 Å². The standard InChI is InChI=1S/C29H39ClFN3O2/c1-19(2)23-11-12-24(26(30)27(23)31)25(29(35)36)20-13-17-34(18-14-20)16-5-3-4-8-22-10-9-21-7-6-15-32-28(21)33-22/h9-12,19-20,25H,3-8,13-18H2,1-2H3,(H,32,33)(H,35,36)/t25-/m0/s1. The lowest BCUT2D eigenvalue weighted by Gasteiger charge is -2.35. The van der Waals surface area contributed by atoms with Crippen molar-refractivity contribution in [3.05, 3.63) is 57.5 Å². The second kappa shape index (κ2) is 12.4. The fourth-order valence-corrected chi connectivity index (χ4v) is 5.98. The van der Waals surface area contributed by atoms with Gasteiger partial charge in [-0.25, -0.2) is 9.37 Å². The number of piperidine rings is 1. The molecule has 0 radical (unpaired) electrons. The Morgan fingerprint density at radius 1 is 1.17 bits per heavy atom. The molecule has 0 amide bonds. The maximum Gasteiger partial charge on any atom is 0.311 e. The molecule has 1 fully saturated rings. The first kappa shape index (κ1) is 26.9. The van der Waals surface area contributed by atoms with E-state index < -0.39 is 17.7 Å². The average Bonchev–Trinajstić information content (AvgIpc) is 2.87. The van der Waals surface area contributed by atoms with Crippen molar-refractivity contribution < 1.29 is 14.3 Å². The van der Waals surface area contributed by atoms with Gasteiger partial charge in [-0.3, -0.25) is 4.79 Å². The van der Waals surface area contributed by atoms with Crippen molar-refractivity contribution >= 4 is 23.4 Å². The number of hydrogen-bond acceptors (Lipinski definition) is 4. The summed E-state index contributed by atoms with van der Waals surface area (Å²) in [6.45, 7) is 7.60. The zero-order valence-electron chi connectivity index (χ0n) is 21.5. The Hall–Kier alpha value is -2.18. The summed E-state index contributed by atoms with van der Waals surface area (Å²) in [6, 6.07) is 7.81. The molecule has 0 saturated carbocycles. The van der Waals surface area contributed by atoms with Crippen LogP contribution in [0.1, 0.15) is 86.6 Å². The van der Waals surface area contributed by atoms with Crippen molar-refractivity contribution in [1.29, 1.82) is 0 Å². The van der Waals surface area contributed by atoms with Gasteiger partial charge in [0.25, 0.3) is 0 Å². The number of unbranched alkanes of at least 4 members (excludes halogenated alkanes) is 2. The zero-order chi connectivity index (χ0) is 25.7. The van der Waals surface area contributed by atoms with Gasteiger partial charge in [0.1, 0.15) is 11.6 Å². The van der Waals surface area contributed by atoms with Crippen LogP contribution in [-0.2, 0) is 17.6 Å². The maximum atomic E-state index is 14.8. The van der Waals surface area contributed by atoms with E-state index in [9.17, 15) is 14.3 Å². The van der Waals surface area contributed by atoms with E-state index in [2.05, 4.69) is 22.3 Å². The van der Waals surface area contributed by atoms with Crippen LogP contribution >= 0.6 is 11.6 Å². The normalized spacial score (nSPS) is 17.6. The second-order valence-electron chi connectivity index (χ2n) is 10.7. The molecule has 2 aliphatic rings. The predicted molar refractivity (Wildman–Crippen MR) is 144 cm³/mol. The van der Waals surface area contributed by atoms with Gasteiger partial charge in [0.15, 0.2) is 0 Å². The van der Waals surface area contributed by atoms with Gasteiger partial charge in [-0.15, -0.1) is 0 Å². The van der Waals surface area contributed by atoms with Crippen molar-refractivity contribution in [2.75, 3.05) is 31.5 Å². The Morgan fingerprint density at radius 3 is 2.64 bits per heavy atom. The van der Waals surface area contributed by atoms with Gasteiger partial charge in [-0.1, -0.05) is 50.1 Å². The number of fused-ring (bicyclic) bond motifs is 1. The highest BCUT2D eigenvalue weighted by atomic mass is 35.5. The van der Waals surface area contributed by atoms with Gasteiger partial charge in [0.2, 0.25) is 0 Å². The Morgan fingerprint density at radius 2 is 1.92 bits per heavy atom. The Kier molecular flexibility index (Phi) is 9.24. The van der Waals surface area contributed by atoms with Gasteiger partial charge >= 0.3 is 5.97 Å². The van der Waals surface area contributed by atoms with Crippen LogP contribution in [0, 0.1) is 11.7 Å². The van der Waals surface area contributed by atoms with E-state index in [0.717, 1.165) is 76.9 Å². The minimum Gasteiger partial charge on any atom is -0.481 e. The number of aliphatic carboxylic acids is 1. The van der Waals surface area contributed by atoms with E-state index in [0.29, 0.717) is 11.1 Å². The van der Waals surface area contributed by atoms with Crippen LogP contribution in [0.5, 0.6) is 0 Å². The van der Waals surface area contributed by atoms with Gasteiger partial charge < -0.3 is 15.3 Å². The number of hydrogen-bond donors (Lipinski definition) is 2. The largest absolute Gasteiger partial charge is 0.481 e. The van der Waals surface area contributed by atoms with Gasteiger partial charge in [0, 0.05) is 12.2 Å². The molecule has 0 bridgehead atoms. The number of nitrogens with one attached hydrogen (secondary N) is 1. The highest BCUT2D eigenvalue weighted by molar-refractivity contribution is 6.31. The molecule has 0 unspecified atom stereocenters. The average molecular weight is 516 g/mol. The van der Waals surface area contributed by atoms with E-state index in [4.69, 9.17) is 16.6 Å². The summed E-state index contributed by atoms with van der Waals surface area (Å²) in [5, 5.41) is 13.4. The summed E-state index contributed by atoms with van der Waals surface area (Å²) in [5.41, 5.74) is 3.44. The number of anilines is 1. The van der Waals surface area contributed by atoms with E-state index in [1.54, 1.807) is 12.1 Å². The molecule has 7 heteroatoms. The predicted octanol–water partition coefficient (Wildman–Crippen LogP) is 6.65. The zero-order valence-corrected chi connectivity index (χ0v) is 22.3. The second-order valence-corrected chi connectivity index (χ2v) is 11.1. The van der Waals surface area contributed by atoms with Crippen LogP contribution in [0.25, 0.3) is 0 Å². The molecule has 1 aromatic carbocycles. The lowest BCUT2D eigenvalue weighted by molar-refractivity contribution is -0.140. The molecule has 36 heavy (non-hydrogen) atoms. The first-order valence-electron chi connectivity index (χ1n) is 13.5. The lowest BCUT2D eigenvalue weighted by atomic mass is 9.79. The molecule has 2 aromatic rings. The van der Waals surface area contributed by atoms with Gasteiger partial charge in [-0.05, 0) is 99.2 Å². The molecule has 5 nitrogen and oxygen atoms in total. The number of carboxylic acid groups (broad SMARTS) is 1. The third kappa shape index (κ3) is 6.38. The molecule has 1 atom stereocenters. The Bertz CT molecular complexity index is 1050. The number of carboxylic acids is 1. The number of aromatic nitrogens is 1. The fraction of sp³-hybridized carbons (Fsp3) is 0.586. The van der Waals surface area contributed by atoms with E-state index in [1.165, 1.54) is 17.7 Å². The maximum absolute atomic E-state index is 14.8. The number of carbonyl (C=O) groups is 1. The van der Waals surface area contributed by atoms with Crippen LogP contribution in [0.3, 0.4) is 0 Å². The van der Waals surface area contributed by atoms with Gasteiger partial charge in [0.05, 0.1) is 10.9 Å². The monoisotopic (exact) mass is 515 g/mol. The van der Waals surface area contributed by atoms with Crippen molar-refractivity contribution in [2.45, 2.75) is 77.0 Å². The summed E-state index contributed by atoms with van der Waals surface area (Å²) in [4.78, 5) is 19.4. The number of likely N-dealkylation sites (tertiary alicyclic amines) is 1. The number of aryl methyl sites for hydroxylation is 2.